The number of likely N-dealkylation sites (tertiary alicyclic amines) is 1. The predicted octanol–water partition coefficient (Wildman–Crippen LogP) is 1.50. The van der Waals surface area contributed by atoms with Gasteiger partial charge in [-0.2, -0.15) is 0 Å². The Hall–Kier alpha value is -1.90. The summed E-state index contributed by atoms with van der Waals surface area (Å²) < 4.78 is 5.71. The van der Waals surface area contributed by atoms with Crippen molar-refractivity contribution in [3.8, 4) is 0 Å². The monoisotopic (exact) mass is 362 g/mol. The van der Waals surface area contributed by atoms with Crippen molar-refractivity contribution in [1.82, 2.24) is 19.8 Å². The van der Waals surface area contributed by atoms with Crippen molar-refractivity contribution in [2.24, 2.45) is 0 Å². The molecule has 2 aromatic rings. The summed E-state index contributed by atoms with van der Waals surface area (Å²) in [4.78, 5) is 24.8. The van der Waals surface area contributed by atoms with Gasteiger partial charge in [0.05, 0.1) is 18.4 Å². The maximum absolute atomic E-state index is 12.7. The topological polar surface area (TPSA) is 82.7 Å². The summed E-state index contributed by atoms with van der Waals surface area (Å²) >= 11 is 1.45. The van der Waals surface area contributed by atoms with E-state index in [0.717, 1.165) is 6.42 Å². The third-order valence-corrected chi connectivity index (χ3v) is 5.25. The third-order valence-electron chi connectivity index (χ3n) is 4.35. The van der Waals surface area contributed by atoms with Gasteiger partial charge in [0.1, 0.15) is 5.76 Å². The van der Waals surface area contributed by atoms with Crippen LogP contribution in [0.4, 0.5) is 0 Å². The van der Waals surface area contributed by atoms with Crippen LogP contribution >= 0.6 is 11.8 Å². The number of furan rings is 1. The summed E-state index contributed by atoms with van der Waals surface area (Å²) in [5, 5.41) is 10.3. The molecule has 0 bridgehead atoms. The minimum absolute atomic E-state index is 0.0369. The molecule has 1 amide bonds. The van der Waals surface area contributed by atoms with Crippen LogP contribution in [0.5, 0.6) is 0 Å². The third kappa shape index (κ3) is 4.20. The minimum Gasteiger partial charge on any atom is -0.455 e. The first kappa shape index (κ1) is 17.9. The molecule has 0 aliphatic carbocycles. The van der Waals surface area contributed by atoms with Crippen molar-refractivity contribution in [1.29, 1.82) is 0 Å². The van der Waals surface area contributed by atoms with Gasteiger partial charge in [-0.25, -0.2) is 9.97 Å². The SMILES string of the molecule is CN(C)[C@@H]1C[C@@H](CO)N(C(=O)c2ccc(CSc3ncccn3)o2)C1. The second-order valence-electron chi connectivity index (χ2n) is 6.23. The molecule has 0 unspecified atom stereocenters. The van der Waals surface area contributed by atoms with Crippen molar-refractivity contribution in [3.05, 3.63) is 42.1 Å². The van der Waals surface area contributed by atoms with Crippen LogP contribution in [0.2, 0.25) is 0 Å². The number of aromatic nitrogens is 2. The minimum atomic E-state index is -0.171. The molecule has 0 aromatic carbocycles. The summed E-state index contributed by atoms with van der Waals surface area (Å²) in [5.41, 5.74) is 0. The van der Waals surface area contributed by atoms with E-state index in [9.17, 15) is 9.90 Å². The Bertz CT molecular complexity index is 707. The van der Waals surface area contributed by atoms with E-state index in [1.165, 1.54) is 11.8 Å². The number of aliphatic hydroxyl groups excluding tert-OH is 1. The van der Waals surface area contributed by atoms with E-state index in [0.29, 0.717) is 29.0 Å². The number of amides is 1. The second-order valence-corrected chi connectivity index (χ2v) is 7.18. The lowest BCUT2D eigenvalue weighted by Gasteiger charge is -2.22. The molecule has 7 nitrogen and oxygen atoms in total. The molecular weight excluding hydrogens is 340 g/mol. The second kappa shape index (κ2) is 7.99. The number of nitrogens with zero attached hydrogens (tertiary/aromatic N) is 4. The zero-order valence-electron chi connectivity index (χ0n) is 14.3. The Kier molecular flexibility index (Phi) is 5.72. The number of likely N-dealkylation sites (N-methyl/N-ethyl adjacent to an activating group) is 1. The van der Waals surface area contributed by atoms with E-state index in [1.807, 2.05) is 14.1 Å². The fourth-order valence-corrected chi connectivity index (χ4v) is 3.59. The van der Waals surface area contributed by atoms with Crippen LogP contribution in [-0.4, -0.2) is 70.1 Å². The van der Waals surface area contributed by atoms with E-state index >= 15 is 0 Å². The molecule has 134 valence electrons. The number of hydrogen-bond donors (Lipinski definition) is 1. The van der Waals surface area contributed by atoms with Crippen LogP contribution in [0, 0.1) is 0 Å². The first-order valence-corrected chi connectivity index (χ1v) is 9.14. The Balaban J connectivity index is 1.64. The molecule has 0 saturated carbocycles. The van der Waals surface area contributed by atoms with Gasteiger partial charge in [0.15, 0.2) is 10.9 Å². The standard InChI is InChI=1S/C17H22N4O3S/c1-20(2)12-8-13(10-22)21(9-12)16(23)15-5-4-14(24-15)11-25-17-18-6-3-7-19-17/h3-7,12-13,22H,8-11H2,1-2H3/t12-,13+/m1/s1. The van der Waals surface area contributed by atoms with Crippen molar-refractivity contribution < 1.29 is 14.3 Å². The molecule has 0 spiro atoms. The molecule has 1 aliphatic heterocycles. The van der Waals surface area contributed by atoms with Crippen molar-refractivity contribution in [3.63, 3.8) is 0 Å². The fraction of sp³-hybridized carbons (Fsp3) is 0.471. The Morgan fingerprint density at radius 2 is 2.16 bits per heavy atom. The number of rotatable bonds is 6. The average Bonchev–Trinajstić information content (AvgIpc) is 3.27. The molecule has 3 heterocycles. The van der Waals surface area contributed by atoms with Gasteiger partial charge in [-0.05, 0) is 38.7 Å². The number of hydrogen-bond acceptors (Lipinski definition) is 7. The summed E-state index contributed by atoms with van der Waals surface area (Å²) in [5.74, 6) is 1.39. The Labute approximate surface area is 151 Å². The lowest BCUT2D eigenvalue weighted by atomic mass is 10.1. The van der Waals surface area contributed by atoms with E-state index in [4.69, 9.17) is 4.42 Å². The maximum atomic E-state index is 12.7. The zero-order chi connectivity index (χ0) is 17.8. The molecule has 0 radical (unpaired) electrons. The summed E-state index contributed by atoms with van der Waals surface area (Å²) in [6.07, 6.45) is 4.15. The predicted molar refractivity (Wildman–Crippen MR) is 94.3 cm³/mol. The van der Waals surface area contributed by atoms with Gasteiger partial charge >= 0.3 is 0 Å². The number of carbonyl (C=O) groups excluding carboxylic acids is 1. The normalized spacial score (nSPS) is 20.4. The molecule has 1 aliphatic rings. The summed E-state index contributed by atoms with van der Waals surface area (Å²) in [7, 11) is 3.97. The highest BCUT2D eigenvalue weighted by atomic mass is 32.2. The van der Waals surface area contributed by atoms with Gasteiger partial charge in [0.25, 0.3) is 5.91 Å². The van der Waals surface area contributed by atoms with Gasteiger partial charge in [0, 0.05) is 25.0 Å². The van der Waals surface area contributed by atoms with Gasteiger partial charge in [-0.15, -0.1) is 0 Å². The molecule has 1 saturated heterocycles. The van der Waals surface area contributed by atoms with Crippen LogP contribution in [-0.2, 0) is 5.75 Å². The average molecular weight is 362 g/mol. The molecule has 8 heteroatoms. The smallest absolute Gasteiger partial charge is 0.289 e. The number of carbonyl (C=O) groups is 1. The molecule has 25 heavy (non-hydrogen) atoms. The van der Waals surface area contributed by atoms with Gasteiger partial charge in [-0.1, -0.05) is 11.8 Å². The molecule has 1 N–H and O–H groups in total. The fourth-order valence-electron chi connectivity index (χ4n) is 2.90. The van der Waals surface area contributed by atoms with Crippen LogP contribution < -0.4 is 0 Å². The van der Waals surface area contributed by atoms with Crippen LogP contribution in [0.25, 0.3) is 0 Å². The largest absolute Gasteiger partial charge is 0.455 e. The number of aliphatic hydroxyl groups is 1. The molecule has 2 atom stereocenters. The number of thioether (sulfide) groups is 1. The van der Waals surface area contributed by atoms with E-state index < -0.39 is 0 Å². The van der Waals surface area contributed by atoms with Crippen LogP contribution in [0.3, 0.4) is 0 Å². The lowest BCUT2D eigenvalue weighted by Crippen LogP contribution is -2.38. The zero-order valence-corrected chi connectivity index (χ0v) is 15.1. The van der Waals surface area contributed by atoms with E-state index in [2.05, 4.69) is 14.9 Å². The van der Waals surface area contributed by atoms with Crippen LogP contribution in [0.1, 0.15) is 22.7 Å². The van der Waals surface area contributed by atoms with Crippen molar-refractivity contribution in [2.45, 2.75) is 29.4 Å². The maximum Gasteiger partial charge on any atom is 0.289 e. The molecular formula is C17H22N4O3S. The lowest BCUT2D eigenvalue weighted by molar-refractivity contribution is 0.0640. The van der Waals surface area contributed by atoms with Gasteiger partial charge in [0.2, 0.25) is 0 Å². The van der Waals surface area contributed by atoms with E-state index in [-0.39, 0.29) is 24.6 Å². The van der Waals surface area contributed by atoms with Crippen molar-refractivity contribution in [2.75, 3.05) is 27.2 Å². The van der Waals surface area contributed by atoms with E-state index in [1.54, 1.807) is 35.5 Å². The highest BCUT2D eigenvalue weighted by molar-refractivity contribution is 7.98. The summed E-state index contributed by atoms with van der Waals surface area (Å²) in [6, 6.07) is 5.35. The first-order chi connectivity index (χ1) is 12.1. The van der Waals surface area contributed by atoms with Gasteiger partial charge in [-0.3, -0.25) is 4.79 Å². The van der Waals surface area contributed by atoms with Gasteiger partial charge < -0.3 is 19.3 Å². The Morgan fingerprint density at radius 3 is 2.84 bits per heavy atom. The molecule has 2 aromatic heterocycles. The molecule has 3 rings (SSSR count). The molecule has 1 fully saturated rings. The highest BCUT2D eigenvalue weighted by Gasteiger charge is 2.37. The highest BCUT2D eigenvalue weighted by Crippen LogP contribution is 2.25. The summed E-state index contributed by atoms with van der Waals surface area (Å²) in [6.45, 7) is 0.560. The van der Waals surface area contributed by atoms with Crippen LogP contribution in [0.15, 0.2) is 40.2 Å². The Morgan fingerprint density at radius 1 is 1.40 bits per heavy atom. The quantitative estimate of drug-likeness (QED) is 0.616. The first-order valence-electron chi connectivity index (χ1n) is 8.15. The van der Waals surface area contributed by atoms with Crippen molar-refractivity contribution >= 4 is 17.7 Å².